The van der Waals surface area contributed by atoms with E-state index in [1.165, 1.54) is 17.8 Å². The van der Waals surface area contributed by atoms with E-state index >= 15 is 0 Å². The lowest BCUT2D eigenvalue weighted by Gasteiger charge is -2.12. The van der Waals surface area contributed by atoms with E-state index in [1.54, 1.807) is 6.92 Å². The fraction of sp³-hybridized carbons (Fsp3) is 0.333. The first kappa shape index (κ1) is 15.6. The van der Waals surface area contributed by atoms with Crippen molar-refractivity contribution in [3.63, 3.8) is 0 Å². The summed E-state index contributed by atoms with van der Waals surface area (Å²) in [5.74, 6) is 1.48. The topological polar surface area (TPSA) is 81.0 Å². The summed E-state index contributed by atoms with van der Waals surface area (Å²) in [6, 6.07) is 9.09. The van der Waals surface area contributed by atoms with Gasteiger partial charge in [0.2, 0.25) is 0 Å². The molecule has 0 aliphatic rings. The number of rotatable bonds is 6. The molecule has 0 radical (unpaired) electrons. The van der Waals surface area contributed by atoms with Crippen LogP contribution in [0.2, 0.25) is 0 Å². The normalized spacial score (nSPS) is 12.1. The van der Waals surface area contributed by atoms with E-state index in [0.717, 1.165) is 11.3 Å². The Morgan fingerprint density at radius 1 is 1.38 bits per heavy atom. The Morgan fingerprint density at radius 2 is 2.10 bits per heavy atom. The molecule has 3 N–H and O–H groups in total. The lowest BCUT2D eigenvalue weighted by atomic mass is 10.1. The minimum absolute atomic E-state index is 0.128. The second kappa shape index (κ2) is 7.28. The fourth-order valence-corrected chi connectivity index (χ4v) is 2.77. The van der Waals surface area contributed by atoms with Gasteiger partial charge < -0.3 is 15.5 Å². The second-order valence-electron chi connectivity index (χ2n) is 4.61. The third kappa shape index (κ3) is 4.61. The van der Waals surface area contributed by atoms with Gasteiger partial charge in [0.25, 0.3) is 5.56 Å². The zero-order chi connectivity index (χ0) is 15.2. The average molecular weight is 305 g/mol. The molecule has 0 fully saturated rings. The van der Waals surface area contributed by atoms with Crippen molar-refractivity contribution in [1.82, 2.24) is 9.97 Å². The number of nitrogens with two attached hydrogens (primary N) is 1. The number of H-pyrrole nitrogens is 1. The SMILES string of the molecule is CCOc1ccc(C(N)CSc2nc(C)cc(=O)[nH]2)cc1. The molecule has 0 bridgehead atoms. The van der Waals surface area contributed by atoms with E-state index in [2.05, 4.69) is 9.97 Å². The zero-order valence-electron chi connectivity index (χ0n) is 12.1. The van der Waals surface area contributed by atoms with Gasteiger partial charge in [-0.1, -0.05) is 23.9 Å². The first-order valence-corrected chi connectivity index (χ1v) is 7.76. The molecule has 0 aliphatic carbocycles. The summed E-state index contributed by atoms with van der Waals surface area (Å²) in [7, 11) is 0. The predicted octanol–water partition coefficient (Wildman–Crippen LogP) is 2.27. The van der Waals surface area contributed by atoms with Crippen molar-refractivity contribution >= 4 is 11.8 Å². The van der Waals surface area contributed by atoms with Crippen molar-refractivity contribution in [2.45, 2.75) is 25.0 Å². The van der Waals surface area contributed by atoms with Crippen LogP contribution < -0.4 is 16.0 Å². The quantitative estimate of drug-likeness (QED) is 0.632. The summed E-state index contributed by atoms with van der Waals surface area (Å²) >= 11 is 1.44. The summed E-state index contributed by atoms with van der Waals surface area (Å²) in [6.45, 7) is 4.39. The largest absolute Gasteiger partial charge is 0.494 e. The van der Waals surface area contributed by atoms with Crippen molar-refractivity contribution in [3.05, 3.63) is 51.9 Å². The number of aryl methyl sites for hydroxylation is 1. The van der Waals surface area contributed by atoms with Crippen molar-refractivity contribution < 1.29 is 4.74 Å². The van der Waals surface area contributed by atoms with Gasteiger partial charge >= 0.3 is 0 Å². The number of benzene rings is 1. The van der Waals surface area contributed by atoms with Crippen LogP contribution in [-0.2, 0) is 0 Å². The lowest BCUT2D eigenvalue weighted by Crippen LogP contribution is -2.14. The molecule has 5 nitrogen and oxygen atoms in total. The van der Waals surface area contributed by atoms with E-state index in [1.807, 2.05) is 31.2 Å². The van der Waals surface area contributed by atoms with Crippen molar-refractivity contribution in [3.8, 4) is 5.75 Å². The van der Waals surface area contributed by atoms with Gasteiger partial charge in [0.1, 0.15) is 5.75 Å². The number of thioether (sulfide) groups is 1. The summed E-state index contributed by atoms with van der Waals surface area (Å²) in [5, 5.41) is 0.599. The first-order chi connectivity index (χ1) is 10.1. The maximum absolute atomic E-state index is 11.4. The van der Waals surface area contributed by atoms with Crippen molar-refractivity contribution in [1.29, 1.82) is 0 Å². The monoisotopic (exact) mass is 305 g/mol. The summed E-state index contributed by atoms with van der Waals surface area (Å²) in [6.07, 6.45) is 0. The Balaban J connectivity index is 1.97. The van der Waals surface area contributed by atoms with Gasteiger partial charge in [0.05, 0.1) is 6.61 Å². The molecule has 2 aromatic rings. The highest BCUT2D eigenvalue weighted by Gasteiger charge is 2.08. The highest BCUT2D eigenvalue weighted by atomic mass is 32.2. The van der Waals surface area contributed by atoms with Crippen LogP contribution in [0.15, 0.2) is 40.3 Å². The summed E-state index contributed by atoms with van der Waals surface area (Å²) in [4.78, 5) is 18.3. The molecular formula is C15H19N3O2S. The van der Waals surface area contributed by atoms with Gasteiger partial charge in [0, 0.05) is 23.6 Å². The van der Waals surface area contributed by atoms with Crippen molar-refractivity contribution in [2.24, 2.45) is 5.73 Å². The molecular weight excluding hydrogens is 286 g/mol. The average Bonchev–Trinajstić information content (AvgIpc) is 2.45. The molecule has 1 unspecified atom stereocenters. The highest BCUT2D eigenvalue weighted by molar-refractivity contribution is 7.99. The molecule has 0 saturated heterocycles. The van der Waals surface area contributed by atoms with Crippen molar-refractivity contribution in [2.75, 3.05) is 12.4 Å². The Bertz CT molecular complexity index is 640. The fourth-order valence-electron chi connectivity index (χ4n) is 1.86. The zero-order valence-corrected chi connectivity index (χ0v) is 12.9. The number of aromatic amines is 1. The molecule has 0 spiro atoms. The van der Waals surface area contributed by atoms with E-state index in [4.69, 9.17) is 10.5 Å². The minimum atomic E-state index is -0.139. The first-order valence-electron chi connectivity index (χ1n) is 6.77. The van der Waals surface area contributed by atoms with Gasteiger partial charge in [-0.3, -0.25) is 4.79 Å². The Labute approximate surface area is 127 Å². The summed E-state index contributed by atoms with van der Waals surface area (Å²) < 4.78 is 5.40. The Kier molecular flexibility index (Phi) is 5.41. The molecule has 1 aromatic heterocycles. The van der Waals surface area contributed by atoms with Crippen LogP contribution in [0.4, 0.5) is 0 Å². The van der Waals surface area contributed by atoms with E-state index in [9.17, 15) is 4.79 Å². The molecule has 21 heavy (non-hydrogen) atoms. The third-order valence-corrected chi connectivity index (χ3v) is 3.86. The van der Waals surface area contributed by atoms with Gasteiger partial charge in [-0.05, 0) is 31.5 Å². The van der Waals surface area contributed by atoms with E-state index in [-0.39, 0.29) is 11.6 Å². The van der Waals surface area contributed by atoms with Gasteiger partial charge in [-0.2, -0.15) is 0 Å². The maximum atomic E-state index is 11.4. The molecule has 6 heteroatoms. The van der Waals surface area contributed by atoms with E-state index in [0.29, 0.717) is 23.2 Å². The highest BCUT2D eigenvalue weighted by Crippen LogP contribution is 2.22. The van der Waals surface area contributed by atoms with Crippen LogP contribution in [0, 0.1) is 6.92 Å². The van der Waals surface area contributed by atoms with Gasteiger partial charge in [-0.15, -0.1) is 0 Å². The van der Waals surface area contributed by atoms with E-state index < -0.39 is 0 Å². The Hall–Kier alpha value is -1.79. The number of hydrogen-bond acceptors (Lipinski definition) is 5. The number of hydrogen-bond donors (Lipinski definition) is 2. The van der Waals surface area contributed by atoms with Crippen LogP contribution in [0.25, 0.3) is 0 Å². The molecule has 1 atom stereocenters. The summed E-state index contributed by atoms with van der Waals surface area (Å²) in [5.41, 5.74) is 7.76. The van der Waals surface area contributed by atoms with Gasteiger partial charge in [0.15, 0.2) is 5.16 Å². The molecule has 1 aromatic carbocycles. The smallest absolute Gasteiger partial charge is 0.251 e. The van der Waals surface area contributed by atoms with Crippen LogP contribution in [0.3, 0.4) is 0 Å². The van der Waals surface area contributed by atoms with Gasteiger partial charge in [-0.25, -0.2) is 4.98 Å². The van der Waals surface area contributed by atoms with Crippen LogP contribution in [0.5, 0.6) is 5.75 Å². The number of ether oxygens (including phenoxy) is 1. The minimum Gasteiger partial charge on any atom is -0.494 e. The van der Waals surface area contributed by atoms with Crippen LogP contribution in [-0.4, -0.2) is 22.3 Å². The second-order valence-corrected chi connectivity index (χ2v) is 5.62. The number of nitrogens with one attached hydrogen (secondary N) is 1. The molecule has 0 saturated carbocycles. The van der Waals surface area contributed by atoms with Crippen LogP contribution in [0.1, 0.15) is 24.2 Å². The molecule has 0 amide bonds. The third-order valence-electron chi connectivity index (χ3n) is 2.87. The lowest BCUT2D eigenvalue weighted by molar-refractivity contribution is 0.340. The van der Waals surface area contributed by atoms with Crippen LogP contribution >= 0.6 is 11.8 Å². The number of aromatic nitrogens is 2. The molecule has 112 valence electrons. The molecule has 2 rings (SSSR count). The standard InChI is InChI=1S/C15H19N3O2S/c1-3-20-12-6-4-11(5-7-12)13(16)9-21-15-17-10(2)8-14(19)18-15/h4-8,13H,3,9,16H2,1-2H3,(H,17,18,19). The maximum Gasteiger partial charge on any atom is 0.251 e. The number of nitrogens with zero attached hydrogens (tertiary/aromatic N) is 1. The molecule has 1 heterocycles. The molecule has 0 aliphatic heterocycles. The Morgan fingerprint density at radius 3 is 2.71 bits per heavy atom. The predicted molar refractivity (Wildman–Crippen MR) is 84.9 cm³/mol.